The van der Waals surface area contributed by atoms with Crippen LogP contribution in [0.3, 0.4) is 0 Å². The fourth-order valence-electron chi connectivity index (χ4n) is 2.57. The Morgan fingerprint density at radius 2 is 2.20 bits per heavy atom. The third-order valence-corrected chi connectivity index (χ3v) is 4.69. The summed E-state index contributed by atoms with van der Waals surface area (Å²) in [5.41, 5.74) is 0.853. The molecular formula is C17H13FN4O2S. The number of nitriles is 1. The van der Waals surface area contributed by atoms with Gasteiger partial charge in [0.2, 0.25) is 0 Å². The first kappa shape index (κ1) is 16.8. The molecule has 1 amide bonds. The highest BCUT2D eigenvalue weighted by atomic mass is 32.1. The molecule has 8 heteroatoms. The monoisotopic (exact) mass is 356 g/mol. The molecule has 0 unspecified atom stereocenters. The molecule has 0 saturated heterocycles. The molecule has 0 aliphatic rings. The lowest BCUT2D eigenvalue weighted by molar-refractivity contribution is 0.0956. The van der Waals surface area contributed by atoms with Crippen LogP contribution in [0.4, 0.5) is 4.39 Å². The van der Waals surface area contributed by atoms with Crippen molar-refractivity contribution in [3.63, 3.8) is 0 Å². The van der Waals surface area contributed by atoms with E-state index in [1.165, 1.54) is 47.1 Å². The molecule has 126 valence electrons. The zero-order valence-corrected chi connectivity index (χ0v) is 14.3. The molecule has 0 spiro atoms. The van der Waals surface area contributed by atoms with E-state index in [4.69, 9.17) is 5.26 Å². The Bertz CT molecular complexity index is 1090. The van der Waals surface area contributed by atoms with E-state index < -0.39 is 11.4 Å². The zero-order valence-electron chi connectivity index (χ0n) is 13.5. The van der Waals surface area contributed by atoms with Crippen molar-refractivity contribution in [1.82, 2.24) is 14.7 Å². The molecule has 1 aromatic carbocycles. The molecule has 0 radical (unpaired) electrons. The summed E-state index contributed by atoms with van der Waals surface area (Å²) in [6, 6.07) is 7.29. The molecular weight excluding hydrogens is 343 g/mol. The Kier molecular flexibility index (Phi) is 4.33. The second-order valence-electron chi connectivity index (χ2n) is 5.38. The lowest BCUT2D eigenvalue weighted by Crippen LogP contribution is -2.25. The van der Waals surface area contributed by atoms with Gasteiger partial charge >= 0.3 is 0 Å². The highest BCUT2D eigenvalue weighted by Gasteiger charge is 2.18. The maximum Gasteiger partial charge on any atom is 0.269 e. The van der Waals surface area contributed by atoms with Crippen molar-refractivity contribution in [3.8, 4) is 6.07 Å². The number of amides is 1. The summed E-state index contributed by atoms with van der Waals surface area (Å²) in [5.74, 6) is -0.831. The number of hydrogen-bond donors (Lipinski definition) is 1. The first-order chi connectivity index (χ1) is 11.9. The molecule has 3 aromatic rings. The Morgan fingerprint density at radius 1 is 1.44 bits per heavy atom. The van der Waals surface area contributed by atoms with Gasteiger partial charge in [0, 0.05) is 24.4 Å². The number of nitrogens with zero attached hydrogens (tertiary/aromatic N) is 3. The van der Waals surface area contributed by atoms with Crippen LogP contribution in [-0.4, -0.2) is 22.3 Å². The first-order valence-electron chi connectivity index (χ1n) is 7.37. The normalized spacial score (nSPS) is 10.6. The van der Waals surface area contributed by atoms with Crippen LogP contribution in [0.5, 0.6) is 0 Å². The van der Waals surface area contributed by atoms with E-state index in [1.807, 2.05) is 6.07 Å². The number of carbonyl (C=O) groups excluding carboxylic acids is 1. The molecule has 6 nitrogen and oxygen atoms in total. The van der Waals surface area contributed by atoms with Crippen LogP contribution in [0.25, 0.3) is 4.96 Å². The second kappa shape index (κ2) is 6.45. The largest absolute Gasteiger partial charge is 0.354 e. The van der Waals surface area contributed by atoms with Gasteiger partial charge in [0.1, 0.15) is 11.5 Å². The average Bonchev–Trinajstić information content (AvgIpc) is 2.92. The molecule has 0 fully saturated rings. The first-order valence-corrected chi connectivity index (χ1v) is 8.19. The summed E-state index contributed by atoms with van der Waals surface area (Å²) >= 11 is 1.22. The Labute approximate surface area is 146 Å². The number of fused-ring (bicyclic) bond motifs is 1. The number of hydrogen-bond acceptors (Lipinski definition) is 5. The van der Waals surface area contributed by atoms with Crippen molar-refractivity contribution in [2.45, 2.75) is 13.3 Å². The quantitative estimate of drug-likeness (QED) is 0.778. The number of aryl methyl sites for hydroxylation is 1. The molecule has 2 aromatic heterocycles. The minimum Gasteiger partial charge on any atom is -0.354 e. The number of carbonyl (C=O) groups is 1. The molecule has 0 saturated carbocycles. The van der Waals surface area contributed by atoms with Crippen LogP contribution < -0.4 is 10.9 Å². The van der Waals surface area contributed by atoms with E-state index in [9.17, 15) is 14.0 Å². The van der Waals surface area contributed by atoms with E-state index in [-0.39, 0.29) is 23.6 Å². The number of rotatable bonds is 3. The fraction of sp³-hybridized carbons (Fsp3) is 0.176. The number of halogens is 1. The summed E-state index contributed by atoms with van der Waals surface area (Å²) in [7, 11) is 1.49. The molecule has 1 N–H and O–H groups in total. The highest BCUT2D eigenvalue weighted by Crippen LogP contribution is 2.21. The second-order valence-corrected chi connectivity index (χ2v) is 6.57. The summed E-state index contributed by atoms with van der Waals surface area (Å²) in [4.78, 5) is 29.9. The van der Waals surface area contributed by atoms with Crippen molar-refractivity contribution in [2.24, 2.45) is 0 Å². The molecule has 0 atom stereocenters. The van der Waals surface area contributed by atoms with Gasteiger partial charge in [-0.3, -0.25) is 9.59 Å². The van der Waals surface area contributed by atoms with Gasteiger partial charge in [-0.05, 0) is 30.7 Å². The van der Waals surface area contributed by atoms with Gasteiger partial charge in [0.25, 0.3) is 11.5 Å². The van der Waals surface area contributed by atoms with E-state index >= 15 is 0 Å². The van der Waals surface area contributed by atoms with Gasteiger partial charge in [-0.1, -0.05) is 0 Å². The van der Waals surface area contributed by atoms with Gasteiger partial charge in [-0.15, -0.1) is 11.3 Å². The molecule has 0 aliphatic heterocycles. The van der Waals surface area contributed by atoms with Crippen LogP contribution in [0.15, 0.2) is 29.1 Å². The van der Waals surface area contributed by atoms with E-state index in [1.54, 1.807) is 6.92 Å². The lowest BCUT2D eigenvalue weighted by atomic mass is 10.1. The summed E-state index contributed by atoms with van der Waals surface area (Å²) in [6.07, 6.45) is 0.0827. The van der Waals surface area contributed by atoms with Crippen LogP contribution in [0.2, 0.25) is 0 Å². The smallest absolute Gasteiger partial charge is 0.269 e. The van der Waals surface area contributed by atoms with Crippen LogP contribution >= 0.6 is 11.3 Å². The van der Waals surface area contributed by atoms with Crippen LogP contribution in [-0.2, 0) is 6.42 Å². The number of benzene rings is 1. The SMILES string of the molecule is CNC(=O)c1c(C)sc2nc(Cc3cc(C#N)ccc3F)cc(=O)n12. The minimum absolute atomic E-state index is 0.0827. The maximum atomic E-state index is 14.0. The number of nitrogens with one attached hydrogen (secondary N) is 1. The number of aromatic nitrogens is 2. The van der Waals surface area contributed by atoms with E-state index in [0.717, 1.165) is 0 Å². The lowest BCUT2D eigenvalue weighted by Gasteiger charge is -2.05. The molecule has 3 rings (SSSR count). The highest BCUT2D eigenvalue weighted by molar-refractivity contribution is 7.17. The zero-order chi connectivity index (χ0) is 18.1. The van der Waals surface area contributed by atoms with E-state index in [0.29, 0.717) is 21.1 Å². The topological polar surface area (TPSA) is 87.3 Å². The Hall–Kier alpha value is -3.05. The van der Waals surface area contributed by atoms with Gasteiger partial charge in [0.15, 0.2) is 4.96 Å². The van der Waals surface area contributed by atoms with Crippen molar-refractivity contribution >= 4 is 22.2 Å². The summed E-state index contributed by atoms with van der Waals surface area (Å²) in [5, 5.41) is 11.4. The summed E-state index contributed by atoms with van der Waals surface area (Å²) in [6.45, 7) is 1.74. The van der Waals surface area contributed by atoms with Gasteiger partial charge in [-0.25, -0.2) is 13.8 Å². The minimum atomic E-state index is -0.464. The van der Waals surface area contributed by atoms with Crippen molar-refractivity contribution in [3.05, 3.63) is 67.8 Å². The van der Waals surface area contributed by atoms with Crippen LogP contribution in [0.1, 0.15) is 32.2 Å². The fourth-order valence-corrected chi connectivity index (χ4v) is 3.56. The van der Waals surface area contributed by atoms with Gasteiger partial charge in [0.05, 0.1) is 17.3 Å². The maximum absolute atomic E-state index is 14.0. The average molecular weight is 356 g/mol. The third kappa shape index (κ3) is 3.02. The molecule has 0 bridgehead atoms. The molecule has 2 heterocycles. The Morgan fingerprint density at radius 3 is 2.88 bits per heavy atom. The van der Waals surface area contributed by atoms with Crippen molar-refractivity contribution in [1.29, 1.82) is 5.26 Å². The number of thiazole rings is 1. The van der Waals surface area contributed by atoms with E-state index in [2.05, 4.69) is 10.3 Å². The summed E-state index contributed by atoms with van der Waals surface area (Å²) < 4.78 is 15.2. The van der Waals surface area contributed by atoms with Crippen LogP contribution in [0, 0.1) is 24.1 Å². The van der Waals surface area contributed by atoms with Gasteiger partial charge < -0.3 is 5.32 Å². The predicted molar refractivity (Wildman–Crippen MR) is 91.4 cm³/mol. The third-order valence-electron chi connectivity index (χ3n) is 3.73. The van der Waals surface area contributed by atoms with Gasteiger partial charge in [-0.2, -0.15) is 5.26 Å². The van der Waals surface area contributed by atoms with Crippen molar-refractivity contribution in [2.75, 3.05) is 7.05 Å². The molecule has 0 aliphatic carbocycles. The standard InChI is InChI=1S/C17H13FN4O2S/c1-9-15(16(24)20-2)22-14(23)7-12(21-17(22)25-9)6-11-5-10(8-19)3-4-13(11)18/h3-5,7H,6H2,1-2H3,(H,20,24). The molecule has 25 heavy (non-hydrogen) atoms. The van der Waals surface area contributed by atoms with Crippen molar-refractivity contribution < 1.29 is 9.18 Å². The Balaban J connectivity index is 2.10. The predicted octanol–water partition coefficient (Wildman–Crippen LogP) is 2.03.